The van der Waals surface area contributed by atoms with Gasteiger partial charge in [-0.3, -0.25) is 4.79 Å². The number of aromatic nitrogens is 2. The summed E-state index contributed by atoms with van der Waals surface area (Å²) in [5, 5.41) is 2.83. The predicted molar refractivity (Wildman–Crippen MR) is 66.4 cm³/mol. The van der Waals surface area contributed by atoms with E-state index in [1.807, 2.05) is 18.2 Å². The van der Waals surface area contributed by atoms with E-state index < -0.39 is 0 Å². The topological polar surface area (TPSA) is 57.8 Å². The number of hydrogen-bond donors (Lipinski definition) is 3. The second kappa shape index (κ2) is 5.03. The molecule has 0 unspecified atom stereocenters. The lowest BCUT2D eigenvalue weighted by atomic mass is 10.2. The van der Waals surface area contributed by atoms with Gasteiger partial charge in [0.15, 0.2) is 0 Å². The van der Waals surface area contributed by atoms with E-state index in [0.717, 1.165) is 16.6 Å². The molecule has 0 aliphatic heterocycles. The fourth-order valence-corrected chi connectivity index (χ4v) is 1.69. The van der Waals surface area contributed by atoms with Crippen molar-refractivity contribution in [1.82, 2.24) is 15.3 Å². The van der Waals surface area contributed by atoms with E-state index in [1.165, 1.54) is 0 Å². The first-order valence-electron chi connectivity index (χ1n) is 5.09. The van der Waals surface area contributed by atoms with E-state index in [1.54, 1.807) is 6.33 Å². The van der Waals surface area contributed by atoms with Gasteiger partial charge < -0.3 is 10.3 Å². The first-order valence-corrected chi connectivity index (χ1v) is 5.72. The molecule has 2 N–H and O–H groups in total. The number of hydrogen-bond acceptors (Lipinski definition) is 3. The van der Waals surface area contributed by atoms with Gasteiger partial charge in [-0.05, 0) is 23.4 Å². The normalized spacial score (nSPS) is 10.6. The molecule has 0 aliphatic rings. The fraction of sp³-hybridized carbons (Fsp3) is 0.273. The van der Waals surface area contributed by atoms with Crippen molar-refractivity contribution in [3.05, 3.63) is 30.1 Å². The summed E-state index contributed by atoms with van der Waals surface area (Å²) in [6.07, 6.45) is 2.11. The molecule has 84 valence electrons. The summed E-state index contributed by atoms with van der Waals surface area (Å²) in [4.78, 5) is 18.4. The summed E-state index contributed by atoms with van der Waals surface area (Å²) in [6.45, 7) is 0.543. The first-order chi connectivity index (χ1) is 7.79. The Labute approximate surface area is 98.9 Å². The molecule has 4 nitrogen and oxygen atoms in total. The standard InChI is InChI=1S/C11H13N3OS/c15-11(3-4-16)12-6-8-1-2-9-10(5-8)14-7-13-9/h1-2,5,7,16H,3-4,6H2,(H,12,15)(H,13,14). The third-order valence-corrected chi connectivity index (χ3v) is 2.54. The van der Waals surface area contributed by atoms with Crippen LogP contribution in [0.25, 0.3) is 11.0 Å². The molecule has 1 heterocycles. The van der Waals surface area contributed by atoms with Crippen LogP contribution in [0.3, 0.4) is 0 Å². The molecule has 1 aromatic heterocycles. The maximum Gasteiger partial charge on any atom is 0.221 e. The number of rotatable bonds is 4. The van der Waals surface area contributed by atoms with Crippen LogP contribution >= 0.6 is 12.6 Å². The molecule has 5 heteroatoms. The van der Waals surface area contributed by atoms with E-state index in [4.69, 9.17) is 0 Å². The molecule has 0 bridgehead atoms. The molecule has 0 saturated heterocycles. The molecule has 0 saturated carbocycles. The first kappa shape index (κ1) is 11.0. The molecule has 2 aromatic rings. The third-order valence-electron chi connectivity index (χ3n) is 2.31. The van der Waals surface area contributed by atoms with Crippen LogP contribution in [0.2, 0.25) is 0 Å². The maximum absolute atomic E-state index is 11.2. The average Bonchev–Trinajstić information content (AvgIpc) is 2.74. The SMILES string of the molecule is O=C(CCS)NCc1ccc2nc[nH]c2c1. The van der Waals surface area contributed by atoms with Crippen molar-refractivity contribution in [2.75, 3.05) is 5.75 Å². The number of imidazole rings is 1. The summed E-state index contributed by atoms with van der Waals surface area (Å²) in [5.41, 5.74) is 2.98. The minimum Gasteiger partial charge on any atom is -0.352 e. The van der Waals surface area contributed by atoms with E-state index in [9.17, 15) is 4.79 Å². The number of aromatic amines is 1. The number of carbonyl (C=O) groups excluding carboxylic acids is 1. The van der Waals surface area contributed by atoms with E-state index in [2.05, 4.69) is 27.9 Å². The number of fused-ring (bicyclic) bond motifs is 1. The highest BCUT2D eigenvalue weighted by atomic mass is 32.1. The lowest BCUT2D eigenvalue weighted by Crippen LogP contribution is -2.22. The van der Waals surface area contributed by atoms with Crippen LogP contribution in [-0.4, -0.2) is 21.6 Å². The second-order valence-electron chi connectivity index (χ2n) is 3.50. The van der Waals surface area contributed by atoms with Gasteiger partial charge in [-0.25, -0.2) is 4.98 Å². The molecule has 2 rings (SSSR count). The van der Waals surface area contributed by atoms with Crippen LogP contribution in [0.5, 0.6) is 0 Å². The number of benzene rings is 1. The van der Waals surface area contributed by atoms with Crippen LogP contribution < -0.4 is 5.32 Å². The monoisotopic (exact) mass is 235 g/mol. The molecular formula is C11H13N3OS. The Bertz CT molecular complexity index is 495. The highest BCUT2D eigenvalue weighted by Gasteiger charge is 2.01. The summed E-state index contributed by atoms with van der Waals surface area (Å²) in [6, 6.07) is 5.89. The van der Waals surface area contributed by atoms with Gasteiger partial charge in [0.25, 0.3) is 0 Å². The summed E-state index contributed by atoms with van der Waals surface area (Å²) in [7, 11) is 0. The zero-order chi connectivity index (χ0) is 11.4. The Morgan fingerprint density at radius 3 is 3.19 bits per heavy atom. The molecular weight excluding hydrogens is 222 g/mol. The van der Waals surface area contributed by atoms with Crippen LogP contribution in [0, 0.1) is 0 Å². The summed E-state index contributed by atoms with van der Waals surface area (Å²) >= 11 is 4.01. The van der Waals surface area contributed by atoms with Gasteiger partial charge in [-0.1, -0.05) is 6.07 Å². The highest BCUT2D eigenvalue weighted by Crippen LogP contribution is 2.11. The van der Waals surface area contributed by atoms with Crippen molar-refractivity contribution < 1.29 is 4.79 Å². The third kappa shape index (κ3) is 2.55. The molecule has 0 radical (unpaired) electrons. The Kier molecular flexibility index (Phi) is 3.46. The van der Waals surface area contributed by atoms with Crippen LogP contribution in [0.4, 0.5) is 0 Å². The number of thiol groups is 1. The molecule has 0 fully saturated rings. The van der Waals surface area contributed by atoms with Crippen molar-refractivity contribution in [3.8, 4) is 0 Å². The van der Waals surface area contributed by atoms with E-state index in [-0.39, 0.29) is 5.91 Å². The number of nitrogens with zero attached hydrogens (tertiary/aromatic N) is 1. The molecule has 0 atom stereocenters. The van der Waals surface area contributed by atoms with Gasteiger partial charge >= 0.3 is 0 Å². The second-order valence-corrected chi connectivity index (χ2v) is 3.95. The molecule has 0 spiro atoms. The zero-order valence-electron chi connectivity index (χ0n) is 8.73. The Morgan fingerprint density at radius 2 is 2.38 bits per heavy atom. The largest absolute Gasteiger partial charge is 0.352 e. The fourth-order valence-electron chi connectivity index (χ4n) is 1.48. The molecule has 0 aliphatic carbocycles. The van der Waals surface area contributed by atoms with Crippen molar-refractivity contribution in [2.45, 2.75) is 13.0 Å². The van der Waals surface area contributed by atoms with Crippen molar-refractivity contribution >= 4 is 29.6 Å². The maximum atomic E-state index is 11.2. The Hall–Kier alpha value is -1.49. The number of carbonyl (C=O) groups is 1. The summed E-state index contributed by atoms with van der Waals surface area (Å²) in [5.74, 6) is 0.602. The Morgan fingerprint density at radius 1 is 1.50 bits per heavy atom. The minimum absolute atomic E-state index is 0.0275. The van der Waals surface area contributed by atoms with Crippen molar-refractivity contribution in [1.29, 1.82) is 0 Å². The van der Waals surface area contributed by atoms with Crippen LogP contribution in [0.1, 0.15) is 12.0 Å². The lowest BCUT2D eigenvalue weighted by Gasteiger charge is -2.04. The highest BCUT2D eigenvalue weighted by molar-refractivity contribution is 7.80. The van der Waals surface area contributed by atoms with Gasteiger partial charge in [0.1, 0.15) is 0 Å². The van der Waals surface area contributed by atoms with Gasteiger partial charge in [0.2, 0.25) is 5.91 Å². The number of nitrogens with one attached hydrogen (secondary N) is 2. The summed E-state index contributed by atoms with van der Waals surface area (Å²) < 4.78 is 0. The molecule has 1 aromatic carbocycles. The zero-order valence-corrected chi connectivity index (χ0v) is 9.63. The predicted octanol–water partition coefficient (Wildman–Crippen LogP) is 1.50. The van der Waals surface area contributed by atoms with Gasteiger partial charge in [0.05, 0.1) is 17.4 Å². The quantitative estimate of drug-likeness (QED) is 0.703. The van der Waals surface area contributed by atoms with Crippen molar-refractivity contribution in [2.24, 2.45) is 0 Å². The molecule has 16 heavy (non-hydrogen) atoms. The smallest absolute Gasteiger partial charge is 0.221 e. The lowest BCUT2D eigenvalue weighted by molar-refractivity contribution is -0.120. The van der Waals surface area contributed by atoms with Gasteiger partial charge in [-0.2, -0.15) is 12.6 Å². The van der Waals surface area contributed by atoms with E-state index in [0.29, 0.717) is 18.7 Å². The minimum atomic E-state index is 0.0275. The molecule has 1 amide bonds. The number of amides is 1. The van der Waals surface area contributed by atoms with Gasteiger partial charge in [0, 0.05) is 13.0 Å². The van der Waals surface area contributed by atoms with Crippen molar-refractivity contribution in [3.63, 3.8) is 0 Å². The Balaban J connectivity index is 2.01. The van der Waals surface area contributed by atoms with Crippen LogP contribution in [0.15, 0.2) is 24.5 Å². The van der Waals surface area contributed by atoms with Gasteiger partial charge in [-0.15, -0.1) is 0 Å². The number of H-pyrrole nitrogens is 1. The van der Waals surface area contributed by atoms with Crippen LogP contribution in [-0.2, 0) is 11.3 Å². The average molecular weight is 235 g/mol. The van der Waals surface area contributed by atoms with E-state index >= 15 is 0 Å².